The van der Waals surface area contributed by atoms with E-state index < -0.39 is 11.9 Å². The van der Waals surface area contributed by atoms with E-state index in [-0.39, 0.29) is 6.42 Å². The van der Waals surface area contributed by atoms with E-state index in [0.29, 0.717) is 18.4 Å². The molecule has 1 rings (SSSR count). The van der Waals surface area contributed by atoms with Gasteiger partial charge in [0.2, 0.25) is 5.91 Å². The largest absolute Gasteiger partial charge is 0.366 e. The maximum Gasteiger partial charge on any atom is 0.355 e. The van der Waals surface area contributed by atoms with Gasteiger partial charge in [-0.05, 0) is 24.5 Å². The molecule has 15 heavy (non-hydrogen) atoms. The van der Waals surface area contributed by atoms with E-state index in [2.05, 4.69) is 0 Å². The number of hydrogen-bond acceptors (Lipinski definition) is 2. The van der Waals surface area contributed by atoms with Gasteiger partial charge in [0, 0.05) is 5.56 Å². The van der Waals surface area contributed by atoms with Crippen LogP contribution in [-0.4, -0.2) is 11.9 Å². The highest BCUT2D eigenvalue weighted by Crippen LogP contribution is 2.11. The molecule has 4 heteroatoms. The van der Waals surface area contributed by atoms with E-state index in [9.17, 15) is 14.7 Å². The smallest absolute Gasteiger partial charge is 0.355 e. The van der Waals surface area contributed by atoms with Crippen LogP contribution in [0.2, 0.25) is 0 Å². The Labute approximate surface area is 87.7 Å². The molecular formula is C11H12NO3. The number of benzene rings is 1. The van der Waals surface area contributed by atoms with Gasteiger partial charge in [-0.25, -0.2) is 9.90 Å². The zero-order valence-corrected chi connectivity index (χ0v) is 8.23. The molecule has 0 fully saturated rings. The van der Waals surface area contributed by atoms with Crippen molar-refractivity contribution in [3.05, 3.63) is 35.4 Å². The Bertz CT molecular complexity index is 374. The highest BCUT2D eigenvalue weighted by atomic mass is 16.4. The maximum absolute atomic E-state index is 11.0. The van der Waals surface area contributed by atoms with E-state index >= 15 is 0 Å². The molecule has 0 saturated carbocycles. The van der Waals surface area contributed by atoms with Crippen LogP contribution in [0.3, 0.4) is 0 Å². The summed E-state index contributed by atoms with van der Waals surface area (Å²) in [5.41, 5.74) is 6.42. The van der Waals surface area contributed by atoms with Gasteiger partial charge in [0.05, 0.1) is 6.42 Å². The summed E-state index contributed by atoms with van der Waals surface area (Å²) in [5, 5.41) is 10.2. The average molecular weight is 206 g/mol. The van der Waals surface area contributed by atoms with Crippen molar-refractivity contribution >= 4 is 11.9 Å². The van der Waals surface area contributed by atoms with E-state index in [1.54, 1.807) is 24.3 Å². The molecule has 0 spiro atoms. The number of aryl methyl sites for hydroxylation is 1. The van der Waals surface area contributed by atoms with Gasteiger partial charge in [-0.1, -0.05) is 18.2 Å². The lowest BCUT2D eigenvalue weighted by molar-refractivity contribution is -0.143. The highest BCUT2D eigenvalue weighted by molar-refractivity contribution is 5.94. The first-order chi connectivity index (χ1) is 7.11. The molecule has 0 aliphatic rings. The molecule has 0 atom stereocenters. The number of nitrogens with two attached hydrogens (primary N) is 1. The summed E-state index contributed by atoms with van der Waals surface area (Å²) in [7, 11) is 0. The fourth-order valence-corrected chi connectivity index (χ4v) is 1.40. The first-order valence-electron chi connectivity index (χ1n) is 4.69. The molecule has 1 amide bonds. The van der Waals surface area contributed by atoms with E-state index in [1.807, 2.05) is 0 Å². The van der Waals surface area contributed by atoms with Gasteiger partial charge in [0.1, 0.15) is 0 Å². The van der Waals surface area contributed by atoms with Gasteiger partial charge in [-0.15, -0.1) is 0 Å². The van der Waals surface area contributed by atoms with Crippen LogP contribution < -0.4 is 5.73 Å². The van der Waals surface area contributed by atoms with Crippen LogP contribution in [0.15, 0.2) is 24.3 Å². The molecule has 1 aromatic carbocycles. The standard InChI is InChI=1S/C11H12NO3/c12-11(15)9-6-2-1-4-8(9)5-3-7-10(13)14/h1-2,4,6H,3,5,7H2,(H2,12,15). The predicted octanol–water partition coefficient (Wildman–Crippen LogP) is 1.07. The third kappa shape index (κ3) is 3.42. The van der Waals surface area contributed by atoms with Crippen LogP contribution in [-0.2, 0) is 16.3 Å². The summed E-state index contributed by atoms with van der Waals surface area (Å²) < 4.78 is 0. The number of rotatable bonds is 5. The Morgan fingerprint density at radius 1 is 1.20 bits per heavy atom. The molecule has 0 aliphatic heterocycles. The summed E-state index contributed by atoms with van der Waals surface area (Å²) in [6.07, 6.45) is 0.965. The fraction of sp³-hybridized carbons (Fsp3) is 0.273. The van der Waals surface area contributed by atoms with Gasteiger partial charge in [0.25, 0.3) is 0 Å². The lowest BCUT2D eigenvalue weighted by Crippen LogP contribution is -2.13. The molecule has 79 valence electrons. The second kappa shape index (κ2) is 5.14. The summed E-state index contributed by atoms with van der Waals surface area (Å²) in [5.74, 6) is -1.56. The van der Waals surface area contributed by atoms with Gasteiger partial charge in [-0.2, -0.15) is 0 Å². The van der Waals surface area contributed by atoms with Crippen molar-refractivity contribution in [3.8, 4) is 0 Å². The van der Waals surface area contributed by atoms with Crippen LogP contribution in [0, 0.1) is 0 Å². The molecule has 0 heterocycles. The fourth-order valence-electron chi connectivity index (χ4n) is 1.40. The Morgan fingerprint density at radius 3 is 2.47 bits per heavy atom. The molecule has 0 aromatic heterocycles. The number of hydrogen-bond donors (Lipinski definition) is 1. The molecule has 0 unspecified atom stereocenters. The van der Waals surface area contributed by atoms with Crippen LogP contribution in [0.4, 0.5) is 0 Å². The Morgan fingerprint density at radius 2 is 1.87 bits per heavy atom. The Balaban J connectivity index is 2.67. The van der Waals surface area contributed by atoms with E-state index in [0.717, 1.165) is 5.56 Å². The molecule has 0 bridgehead atoms. The number of primary amides is 1. The molecule has 1 radical (unpaired) electrons. The quantitative estimate of drug-likeness (QED) is 0.781. The Hall–Kier alpha value is -1.84. The number of carbonyl (C=O) groups excluding carboxylic acids is 2. The zero-order chi connectivity index (χ0) is 11.3. The lowest BCUT2D eigenvalue weighted by atomic mass is 10.0. The highest BCUT2D eigenvalue weighted by Gasteiger charge is 2.07. The summed E-state index contributed by atoms with van der Waals surface area (Å²) in [4.78, 5) is 21.2. The lowest BCUT2D eigenvalue weighted by Gasteiger charge is -2.04. The van der Waals surface area contributed by atoms with Crippen molar-refractivity contribution in [2.24, 2.45) is 5.73 Å². The van der Waals surface area contributed by atoms with Crippen LogP contribution in [0.1, 0.15) is 28.8 Å². The average Bonchev–Trinajstić information content (AvgIpc) is 2.17. The topological polar surface area (TPSA) is 80.1 Å². The predicted molar refractivity (Wildman–Crippen MR) is 53.6 cm³/mol. The van der Waals surface area contributed by atoms with Crippen molar-refractivity contribution in [3.63, 3.8) is 0 Å². The van der Waals surface area contributed by atoms with E-state index in [4.69, 9.17) is 5.73 Å². The van der Waals surface area contributed by atoms with Gasteiger partial charge < -0.3 is 5.73 Å². The van der Waals surface area contributed by atoms with Crippen molar-refractivity contribution in [2.45, 2.75) is 19.3 Å². The molecule has 2 N–H and O–H groups in total. The Kier molecular flexibility index (Phi) is 3.85. The van der Waals surface area contributed by atoms with E-state index in [1.165, 1.54) is 0 Å². The van der Waals surface area contributed by atoms with Gasteiger partial charge in [0.15, 0.2) is 0 Å². The third-order valence-electron chi connectivity index (χ3n) is 2.11. The monoisotopic (exact) mass is 206 g/mol. The van der Waals surface area contributed by atoms with Gasteiger partial charge >= 0.3 is 5.97 Å². The molecule has 0 aliphatic carbocycles. The number of amides is 1. The summed E-state index contributed by atoms with van der Waals surface area (Å²) in [6, 6.07) is 6.93. The van der Waals surface area contributed by atoms with Crippen LogP contribution >= 0.6 is 0 Å². The molecule has 1 aromatic rings. The zero-order valence-electron chi connectivity index (χ0n) is 8.23. The second-order valence-electron chi connectivity index (χ2n) is 3.25. The summed E-state index contributed by atoms with van der Waals surface area (Å²) >= 11 is 0. The van der Waals surface area contributed by atoms with Crippen molar-refractivity contribution < 1.29 is 14.7 Å². The normalized spacial score (nSPS) is 9.87. The van der Waals surface area contributed by atoms with Gasteiger partial charge in [-0.3, -0.25) is 4.79 Å². The minimum atomic E-state index is -1.08. The van der Waals surface area contributed by atoms with Crippen molar-refractivity contribution in [1.29, 1.82) is 0 Å². The van der Waals surface area contributed by atoms with Crippen LogP contribution in [0.25, 0.3) is 0 Å². The molecule has 4 nitrogen and oxygen atoms in total. The second-order valence-corrected chi connectivity index (χ2v) is 3.25. The molecule has 0 saturated heterocycles. The number of carbonyl (C=O) groups is 2. The first kappa shape index (κ1) is 11.2. The summed E-state index contributed by atoms with van der Waals surface area (Å²) in [6.45, 7) is 0. The minimum absolute atomic E-state index is 0.00685. The first-order valence-corrected chi connectivity index (χ1v) is 4.69. The van der Waals surface area contributed by atoms with Crippen molar-refractivity contribution in [1.82, 2.24) is 0 Å². The van der Waals surface area contributed by atoms with Crippen molar-refractivity contribution in [2.75, 3.05) is 0 Å². The van der Waals surface area contributed by atoms with Crippen LogP contribution in [0.5, 0.6) is 0 Å². The minimum Gasteiger partial charge on any atom is -0.366 e. The maximum atomic E-state index is 11.0. The molecular weight excluding hydrogens is 194 g/mol. The third-order valence-corrected chi connectivity index (χ3v) is 2.11. The SMILES string of the molecule is NC(=O)c1ccccc1CCCC([O])=O.